The second kappa shape index (κ2) is 7.21. The normalized spacial score (nSPS) is 20.2. The van der Waals surface area contributed by atoms with Crippen molar-refractivity contribution in [2.75, 3.05) is 19.3 Å². The first kappa shape index (κ1) is 16.4. The zero-order valence-corrected chi connectivity index (χ0v) is 12.6. The van der Waals surface area contributed by atoms with Crippen LogP contribution in [0.1, 0.15) is 39.0 Å². The van der Waals surface area contributed by atoms with Gasteiger partial charge in [-0.2, -0.15) is 0 Å². The van der Waals surface area contributed by atoms with Crippen molar-refractivity contribution in [1.29, 1.82) is 0 Å². The van der Waals surface area contributed by atoms with E-state index in [0.717, 1.165) is 12.8 Å². The van der Waals surface area contributed by atoms with Crippen LogP contribution in [-0.2, 0) is 14.8 Å². The maximum Gasteiger partial charge on any atom is 0.221 e. The SMILES string of the molecule is CCCC(N)CC(=O)NC1CCN(S(C)(=O)=O)CC1. The van der Waals surface area contributed by atoms with Gasteiger partial charge in [0, 0.05) is 31.6 Å². The first-order valence-electron chi connectivity index (χ1n) is 6.83. The fourth-order valence-corrected chi connectivity index (χ4v) is 3.20. The molecule has 1 atom stereocenters. The average Bonchev–Trinajstić information content (AvgIpc) is 2.28. The van der Waals surface area contributed by atoms with Crippen molar-refractivity contribution in [2.45, 2.75) is 51.1 Å². The number of nitrogens with one attached hydrogen (secondary N) is 1. The molecule has 112 valence electrons. The van der Waals surface area contributed by atoms with Gasteiger partial charge >= 0.3 is 0 Å². The number of carbonyl (C=O) groups is 1. The van der Waals surface area contributed by atoms with E-state index in [1.54, 1.807) is 0 Å². The highest BCUT2D eigenvalue weighted by Gasteiger charge is 2.25. The van der Waals surface area contributed by atoms with Crippen LogP contribution in [0.5, 0.6) is 0 Å². The Morgan fingerprint density at radius 3 is 2.47 bits per heavy atom. The number of rotatable bonds is 6. The highest BCUT2D eigenvalue weighted by Crippen LogP contribution is 2.13. The van der Waals surface area contributed by atoms with E-state index in [-0.39, 0.29) is 18.0 Å². The molecule has 1 saturated heterocycles. The van der Waals surface area contributed by atoms with E-state index in [1.807, 2.05) is 6.92 Å². The summed E-state index contributed by atoms with van der Waals surface area (Å²) in [5.41, 5.74) is 5.82. The van der Waals surface area contributed by atoms with Crippen LogP contribution in [0.3, 0.4) is 0 Å². The number of piperidine rings is 1. The molecule has 1 fully saturated rings. The lowest BCUT2D eigenvalue weighted by Crippen LogP contribution is -2.47. The highest BCUT2D eigenvalue weighted by molar-refractivity contribution is 7.88. The molecule has 1 aliphatic heterocycles. The summed E-state index contributed by atoms with van der Waals surface area (Å²) in [7, 11) is -3.10. The van der Waals surface area contributed by atoms with E-state index in [2.05, 4.69) is 5.32 Å². The van der Waals surface area contributed by atoms with Crippen LogP contribution in [0.25, 0.3) is 0 Å². The number of hydrogen-bond donors (Lipinski definition) is 2. The number of sulfonamides is 1. The molecule has 1 heterocycles. The van der Waals surface area contributed by atoms with Crippen molar-refractivity contribution in [3.05, 3.63) is 0 Å². The number of amides is 1. The van der Waals surface area contributed by atoms with Crippen LogP contribution in [0.4, 0.5) is 0 Å². The second-order valence-electron chi connectivity index (χ2n) is 5.26. The minimum atomic E-state index is -3.10. The third-order valence-corrected chi connectivity index (χ3v) is 4.70. The van der Waals surface area contributed by atoms with Crippen LogP contribution in [-0.4, -0.2) is 50.1 Å². The third-order valence-electron chi connectivity index (χ3n) is 3.40. The molecule has 0 saturated carbocycles. The molecule has 0 aromatic rings. The van der Waals surface area contributed by atoms with E-state index < -0.39 is 10.0 Å². The van der Waals surface area contributed by atoms with Gasteiger partial charge in [-0.05, 0) is 19.3 Å². The Hall–Kier alpha value is -0.660. The zero-order chi connectivity index (χ0) is 14.5. The molecule has 19 heavy (non-hydrogen) atoms. The Kier molecular flexibility index (Phi) is 6.22. The summed E-state index contributed by atoms with van der Waals surface area (Å²) in [4.78, 5) is 11.8. The Bertz CT molecular complexity index is 389. The summed E-state index contributed by atoms with van der Waals surface area (Å²) in [6, 6.07) is -0.0135. The van der Waals surface area contributed by atoms with Crippen LogP contribution >= 0.6 is 0 Å². The summed E-state index contributed by atoms with van der Waals surface area (Å²) in [6.07, 6.45) is 4.72. The monoisotopic (exact) mass is 291 g/mol. The Morgan fingerprint density at radius 1 is 1.42 bits per heavy atom. The second-order valence-corrected chi connectivity index (χ2v) is 7.24. The number of carbonyl (C=O) groups excluding carboxylic acids is 1. The fourth-order valence-electron chi connectivity index (χ4n) is 2.33. The maximum atomic E-state index is 11.8. The number of nitrogens with two attached hydrogens (primary N) is 1. The maximum absolute atomic E-state index is 11.8. The van der Waals surface area contributed by atoms with E-state index in [9.17, 15) is 13.2 Å². The van der Waals surface area contributed by atoms with Crippen LogP contribution in [0.2, 0.25) is 0 Å². The minimum absolute atomic E-state index is 0.0289. The van der Waals surface area contributed by atoms with Gasteiger partial charge in [0.05, 0.1) is 6.26 Å². The van der Waals surface area contributed by atoms with E-state index in [0.29, 0.717) is 32.4 Å². The Labute approximate surface area is 115 Å². The quantitative estimate of drug-likeness (QED) is 0.723. The van der Waals surface area contributed by atoms with Gasteiger partial charge in [-0.25, -0.2) is 12.7 Å². The van der Waals surface area contributed by atoms with E-state index in [4.69, 9.17) is 5.73 Å². The molecule has 7 heteroatoms. The molecule has 0 aromatic carbocycles. The molecule has 6 nitrogen and oxygen atoms in total. The van der Waals surface area contributed by atoms with Gasteiger partial charge < -0.3 is 11.1 Å². The Morgan fingerprint density at radius 2 is 2.00 bits per heavy atom. The van der Waals surface area contributed by atoms with Crippen molar-refractivity contribution in [1.82, 2.24) is 9.62 Å². The summed E-state index contributed by atoms with van der Waals surface area (Å²) in [5.74, 6) is -0.0289. The van der Waals surface area contributed by atoms with Crippen LogP contribution in [0.15, 0.2) is 0 Å². The highest BCUT2D eigenvalue weighted by atomic mass is 32.2. The van der Waals surface area contributed by atoms with Gasteiger partial charge in [0.1, 0.15) is 0 Å². The first-order valence-corrected chi connectivity index (χ1v) is 8.67. The van der Waals surface area contributed by atoms with Crippen LogP contribution in [0, 0.1) is 0 Å². The van der Waals surface area contributed by atoms with Gasteiger partial charge in [0.2, 0.25) is 15.9 Å². The molecule has 1 aliphatic rings. The van der Waals surface area contributed by atoms with Crippen molar-refractivity contribution >= 4 is 15.9 Å². The van der Waals surface area contributed by atoms with Gasteiger partial charge in [-0.1, -0.05) is 13.3 Å². The smallest absolute Gasteiger partial charge is 0.221 e. The molecule has 1 amide bonds. The summed E-state index contributed by atoms with van der Waals surface area (Å²) in [5, 5.41) is 2.94. The Balaban J connectivity index is 2.31. The molecule has 0 aliphatic carbocycles. The van der Waals surface area contributed by atoms with Crippen LogP contribution < -0.4 is 11.1 Å². The van der Waals surface area contributed by atoms with Gasteiger partial charge in [-0.15, -0.1) is 0 Å². The largest absolute Gasteiger partial charge is 0.353 e. The topological polar surface area (TPSA) is 92.5 Å². The molecular weight excluding hydrogens is 266 g/mol. The van der Waals surface area contributed by atoms with Gasteiger partial charge in [0.25, 0.3) is 0 Å². The van der Waals surface area contributed by atoms with E-state index in [1.165, 1.54) is 10.6 Å². The first-order chi connectivity index (χ1) is 8.82. The van der Waals surface area contributed by atoms with Crippen molar-refractivity contribution in [3.8, 4) is 0 Å². The number of hydrogen-bond acceptors (Lipinski definition) is 4. The summed E-state index contributed by atoms with van der Waals surface area (Å²) < 4.78 is 24.2. The van der Waals surface area contributed by atoms with Gasteiger partial charge in [0.15, 0.2) is 0 Å². The van der Waals surface area contributed by atoms with Crippen molar-refractivity contribution in [2.24, 2.45) is 5.73 Å². The average molecular weight is 291 g/mol. The predicted molar refractivity (Wildman–Crippen MR) is 75.1 cm³/mol. The lowest BCUT2D eigenvalue weighted by atomic mass is 10.1. The molecule has 0 bridgehead atoms. The third kappa shape index (κ3) is 5.88. The number of nitrogens with zero attached hydrogens (tertiary/aromatic N) is 1. The molecule has 3 N–H and O–H groups in total. The van der Waals surface area contributed by atoms with E-state index >= 15 is 0 Å². The lowest BCUT2D eigenvalue weighted by molar-refractivity contribution is -0.122. The summed E-state index contributed by atoms with van der Waals surface area (Å²) >= 11 is 0. The standard InChI is InChI=1S/C12H25N3O3S/c1-3-4-10(13)9-12(16)14-11-5-7-15(8-6-11)19(2,17)18/h10-11H,3-9,13H2,1-2H3,(H,14,16). The van der Waals surface area contributed by atoms with Crippen molar-refractivity contribution in [3.63, 3.8) is 0 Å². The molecule has 1 unspecified atom stereocenters. The minimum Gasteiger partial charge on any atom is -0.353 e. The lowest BCUT2D eigenvalue weighted by Gasteiger charge is -2.30. The molecular formula is C12H25N3O3S. The molecule has 0 spiro atoms. The fraction of sp³-hybridized carbons (Fsp3) is 0.917. The van der Waals surface area contributed by atoms with Gasteiger partial charge in [-0.3, -0.25) is 4.79 Å². The van der Waals surface area contributed by atoms with Crippen molar-refractivity contribution < 1.29 is 13.2 Å². The molecule has 0 aromatic heterocycles. The summed E-state index contributed by atoms with van der Waals surface area (Å²) in [6.45, 7) is 2.99. The molecule has 1 rings (SSSR count). The predicted octanol–water partition coefficient (Wildman–Crippen LogP) is 0.0441. The zero-order valence-electron chi connectivity index (χ0n) is 11.8. The molecule has 0 radical (unpaired) electrons.